The van der Waals surface area contributed by atoms with Crippen LogP contribution in [0.4, 0.5) is 10.5 Å². The second-order valence-electron chi connectivity index (χ2n) is 6.20. The zero-order valence-electron chi connectivity index (χ0n) is 13.3. The fourth-order valence-electron chi connectivity index (χ4n) is 3.65. The molecule has 3 rings (SSSR count). The molecular formula is C17H23ClN2O3. The number of hydrogen-bond donors (Lipinski definition) is 2. The summed E-state index contributed by atoms with van der Waals surface area (Å²) in [6.07, 6.45) is 4.55. The van der Waals surface area contributed by atoms with Crippen LogP contribution in [-0.4, -0.2) is 31.9 Å². The molecule has 1 saturated heterocycles. The second kappa shape index (κ2) is 7.51. The molecule has 0 unspecified atom stereocenters. The van der Waals surface area contributed by atoms with Crippen molar-refractivity contribution in [2.75, 3.05) is 19.0 Å². The Kier molecular flexibility index (Phi) is 5.41. The topological polar surface area (TPSA) is 59.6 Å². The van der Waals surface area contributed by atoms with E-state index in [1.165, 1.54) is 0 Å². The molecule has 1 aromatic rings. The molecule has 1 aromatic carbocycles. The summed E-state index contributed by atoms with van der Waals surface area (Å²) in [7, 11) is 1.61. The number of fused-ring (bicyclic) bond motifs is 1. The Morgan fingerprint density at radius 1 is 1.39 bits per heavy atom. The number of hydrogen-bond acceptors (Lipinski definition) is 3. The molecule has 1 aliphatic heterocycles. The van der Waals surface area contributed by atoms with Crippen molar-refractivity contribution in [2.45, 2.75) is 44.4 Å². The van der Waals surface area contributed by atoms with Gasteiger partial charge < -0.3 is 20.1 Å². The average molecular weight is 339 g/mol. The van der Waals surface area contributed by atoms with Crippen molar-refractivity contribution in [3.05, 3.63) is 28.8 Å². The molecule has 0 radical (unpaired) electrons. The van der Waals surface area contributed by atoms with Crippen molar-refractivity contribution in [3.63, 3.8) is 0 Å². The predicted molar refractivity (Wildman–Crippen MR) is 89.8 cm³/mol. The number of urea groups is 1. The van der Waals surface area contributed by atoms with E-state index >= 15 is 0 Å². The molecule has 23 heavy (non-hydrogen) atoms. The molecule has 3 atom stereocenters. The van der Waals surface area contributed by atoms with Crippen molar-refractivity contribution < 1.29 is 14.3 Å². The van der Waals surface area contributed by atoms with E-state index in [-0.39, 0.29) is 12.1 Å². The number of rotatable bonds is 4. The van der Waals surface area contributed by atoms with E-state index < -0.39 is 0 Å². The third-order valence-electron chi connectivity index (χ3n) is 4.75. The standard InChI is InChI=1S/C17H23ClN2O3/c1-22-10-12-13(18)4-2-5-15(12)20-17(21)19-14-6-3-7-16-11(14)8-9-23-16/h2,4-5,11,14,16H,3,6-10H2,1H3,(H2,19,20,21)/t11-,14-,16+/m1/s1. The first-order chi connectivity index (χ1) is 11.2. The number of carbonyl (C=O) groups is 1. The first kappa shape index (κ1) is 16.6. The maximum Gasteiger partial charge on any atom is 0.319 e. The number of benzene rings is 1. The summed E-state index contributed by atoms with van der Waals surface area (Å²) in [6.45, 7) is 1.17. The maximum atomic E-state index is 12.4. The third kappa shape index (κ3) is 3.79. The molecule has 1 aliphatic carbocycles. The lowest BCUT2D eigenvalue weighted by atomic mass is 9.82. The minimum Gasteiger partial charge on any atom is -0.380 e. The van der Waals surface area contributed by atoms with Gasteiger partial charge in [0.05, 0.1) is 12.7 Å². The lowest BCUT2D eigenvalue weighted by molar-refractivity contribution is 0.0553. The van der Waals surface area contributed by atoms with Crippen LogP contribution in [0, 0.1) is 5.92 Å². The van der Waals surface area contributed by atoms with E-state index in [1.807, 2.05) is 12.1 Å². The average Bonchev–Trinajstić information content (AvgIpc) is 3.00. The van der Waals surface area contributed by atoms with Crippen LogP contribution in [-0.2, 0) is 16.1 Å². The summed E-state index contributed by atoms with van der Waals surface area (Å²) in [4.78, 5) is 12.4. The third-order valence-corrected chi connectivity index (χ3v) is 5.11. The Morgan fingerprint density at radius 2 is 2.26 bits per heavy atom. The van der Waals surface area contributed by atoms with Gasteiger partial charge in [0.15, 0.2) is 0 Å². The molecule has 2 N–H and O–H groups in total. The molecule has 0 bridgehead atoms. The summed E-state index contributed by atoms with van der Waals surface area (Å²) >= 11 is 6.19. The van der Waals surface area contributed by atoms with E-state index in [1.54, 1.807) is 13.2 Å². The highest BCUT2D eigenvalue weighted by molar-refractivity contribution is 6.31. The lowest BCUT2D eigenvalue weighted by Crippen LogP contribution is -2.47. The van der Waals surface area contributed by atoms with Gasteiger partial charge in [-0.25, -0.2) is 4.79 Å². The van der Waals surface area contributed by atoms with Crippen LogP contribution < -0.4 is 10.6 Å². The quantitative estimate of drug-likeness (QED) is 0.882. The molecule has 6 heteroatoms. The fourth-order valence-corrected chi connectivity index (χ4v) is 3.88. The van der Waals surface area contributed by atoms with Gasteiger partial charge in [-0.05, 0) is 37.8 Å². The minimum atomic E-state index is -0.192. The van der Waals surface area contributed by atoms with Crippen molar-refractivity contribution in [2.24, 2.45) is 5.92 Å². The molecule has 2 aliphatic rings. The van der Waals surface area contributed by atoms with E-state index in [9.17, 15) is 4.79 Å². The molecular weight excluding hydrogens is 316 g/mol. The molecule has 126 valence electrons. The van der Waals surface area contributed by atoms with Gasteiger partial charge in [-0.1, -0.05) is 17.7 Å². The Labute approximate surface area is 141 Å². The highest BCUT2D eigenvalue weighted by Gasteiger charge is 2.38. The number of anilines is 1. The summed E-state index contributed by atoms with van der Waals surface area (Å²) in [5.74, 6) is 0.437. The van der Waals surface area contributed by atoms with Crippen LogP contribution in [0.15, 0.2) is 18.2 Å². The van der Waals surface area contributed by atoms with Gasteiger partial charge in [-0.2, -0.15) is 0 Å². The predicted octanol–water partition coefficient (Wildman–Crippen LogP) is 3.57. The van der Waals surface area contributed by atoms with Crippen LogP contribution in [0.3, 0.4) is 0 Å². The largest absolute Gasteiger partial charge is 0.380 e. The summed E-state index contributed by atoms with van der Waals surface area (Å²) in [5, 5.41) is 6.61. The van der Waals surface area contributed by atoms with Gasteiger partial charge in [0.1, 0.15) is 0 Å². The van der Waals surface area contributed by atoms with E-state index in [2.05, 4.69) is 10.6 Å². The van der Waals surface area contributed by atoms with Gasteiger partial charge in [0.2, 0.25) is 0 Å². The van der Waals surface area contributed by atoms with Crippen molar-refractivity contribution in [1.82, 2.24) is 5.32 Å². The molecule has 1 heterocycles. The summed E-state index contributed by atoms with van der Waals surface area (Å²) in [6, 6.07) is 5.44. The Bertz CT molecular complexity index is 567. The second-order valence-corrected chi connectivity index (χ2v) is 6.60. The van der Waals surface area contributed by atoms with Crippen molar-refractivity contribution in [1.29, 1.82) is 0 Å². The zero-order valence-corrected chi connectivity index (χ0v) is 14.1. The van der Waals surface area contributed by atoms with Crippen molar-refractivity contribution in [3.8, 4) is 0 Å². The molecule has 2 amide bonds. The highest BCUT2D eigenvalue weighted by atomic mass is 35.5. The van der Waals surface area contributed by atoms with Gasteiger partial charge in [0, 0.05) is 41.9 Å². The number of amides is 2. The fraction of sp³-hybridized carbons (Fsp3) is 0.588. The first-order valence-corrected chi connectivity index (χ1v) is 8.52. The summed E-state index contributed by atoms with van der Waals surface area (Å²) < 4.78 is 10.9. The molecule has 5 nitrogen and oxygen atoms in total. The minimum absolute atomic E-state index is 0.182. The number of ether oxygens (including phenoxy) is 2. The molecule has 2 fully saturated rings. The highest BCUT2D eigenvalue weighted by Crippen LogP contribution is 2.34. The molecule has 0 aromatic heterocycles. The number of halogens is 1. The van der Waals surface area contributed by atoms with Crippen LogP contribution in [0.1, 0.15) is 31.2 Å². The Balaban J connectivity index is 1.64. The normalized spacial score (nSPS) is 26.6. The Morgan fingerprint density at radius 3 is 3.09 bits per heavy atom. The molecule has 0 spiro atoms. The molecule has 1 saturated carbocycles. The zero-order chi connectivity index (χ0) is 16.2. The van der Waals surface area contributed by atoms with E-state index in [0.29, 0.717) is 29.3 Å². The summed E-state index contributed by atoms with van der Waals surface area (Å²) in [5.41, 5.74) is 1.48. The van der Waals surface area contributed by atoms with Gasteiger partial charge >= 0.3 is 6.03 Å². The maximum absolute atomic E-state index is 12.4. The van der Waals surface area contributed by atoms with E-state index in [0.717, 1.165) is 37.9 Å². The van der Waals surface area contributed by atoms with Gasteiger partial charge in [-0.15, -0.1) is 0 Å². The number of methoxy groups -OCH3 is 1. The van der Waals surface area contributed by atoms with Crippen molar-refractivity contribution >= 4 is 23.3 Å². The number of carbonyl (C=O) groups excluding carboxylic acids is 1. The Hall–Kier alpha value is -1.30. The number of nitrogens with one attached hydrogen (secondary N) is 2. The van der Waals surface area contributed by atoms with Gasteiger partial charge in [0.25, 0.3) is 0 Å². The first-order valence-electron chi connectivity index (χ1n) is 8.14. The lowest BCUT2D eigenvalue weighted by Gasteiger charge is -2.33. The van der Waals surface area contributed by atoms with Crippen LogP contribution in [0.2, 0.25) is 5.02 Å². The smallest absolute Gasteiger partial charge is 0.319 e. The van der Waals surface area contributed by atoms with Crippen LogP contribution >= 0.6 is 11.6 Å². The monoisotopic (exact) mass is 338 g/mol. The SMILES string of the molecule is COCc1c(Cl)cccc1NC(=O)N[C@@H]1CCC[C@@H]2OCC[C@@H]21. The van der Waals surface area contributed by atoms with E-state index in [4.69, 9.17) is 21.1 Å². The van der Waals surface area contributed by atoms with Crippen LogP contribution in [0.25, 0.3) is 0 Å². The van der Waals surface area contributed by atoms with Crippen LogP contribution in [0.5, 0.6) is 0 Å². The van der Waals surface area contributed by atoms with Gasteiger partial charge in [-0.3, -0.25) is 0 Å².